The van der Waals surface area contributed by atoms with Gasteiger partial charge in [-0.2, -0.15) is 0 Å². The zero-order valence-electron chi connectivity index (χ0n) is 29.6. The van der Waals surface area contributed by atoms with Gasteiger partial charge in [0.15, 0.2) is 29.6 Å². The van der Waals surface area contributed by atoms with Crippen molar-refractivity contribution in [2.45, 2.75) is 63.5 Å². The molecular formula is C38H47NO11. The van der Waals surface area contributed by atoms with Gasteiger partial charge in [-0.15, -0.1) is 0 Å². The van der Waals surface area contributed by atoms with E-state index in [1.807, 2.05) is 25.1 Å². The molecule has 270 valence electrons. The van der Waals surface area contributed by atoms with Gasteiger partial charge in [0.1, 0.15) is 17.9 Å². The van der Waals surface area contributed by atoms with E-state index in [0.717, 1.165) is 18.4 Å². The molecule has 0 aromatic heterocycles. The summed E-state index contributed by atoms with van der Waals surface area (Å²) in [5, 5.41) is 9.29. The van der Waals surface area contributed by atoms with Crippen LogP contribution < -0.4 is 28.4 Å². The largest absolute Gasteiger partial charge is 0.493 e. The quantitative estimate of drug-likeness (QED) is 0.167. The van der Waals surface area contributed by atoms with Crippen LogP contribution in [0.4, 0.5) is 0 Å². The first-order valence-electron chi connectivity index (χ1n) is 16.6. The lowest BCUT2D eigenvalue weighted by Gasteiger charge is -2.37. The topological polar surface area (TPSA) is 139 Å². The molecule has 3 atom stereocenters. The molecule has 1 aliphatic heterocycles. The van der Waals surface area contributed by atoms with Crippen LogP contribution in [-0.2, 0) is 25.5 Å². The Bertz CT molecular complexity index is 1600. The molecule has 4 rings (SSSR count). The van der Waals surface area contributed by atoms with Crippen LogP contribution >= 0.6 is 0 Å². The SMILES string of the molecule is CCC(C(=O)N1CCCC[C@H]1C(=O)OC(CCc1ccc(OC)c(OC)c1)c1ccccc1OCC(=O)O)c1cc(OC)c(OC)c(OC)c1. The number of rotatable bonds is 17. The first-order valence-corrected chi connectivity index (χ1v) is 16.6. The third kappa shape index (κ3) is 8.90. The van der Waals surface area contributed by atoms with Gasteiger partial charge in [0.25, 0.3) is 0 Å². The second-order valence-electron chi connectivity index (χ2n) is 11.8. The molecule has 1 N–H and O–H groups in total. The van der Waals surface area contributed by atoms with Crippen LogP contribution in [0.15, 0.2) is 54.6 Å². The predicted octanol–water partition coefficient (Wildman–Crippen LogP) is 5.99. The summed E-state index contributed by atoms with van der Waals surface area (Å²) in [6.07, 6.45) is 2.43. The molecule has 12 nitrogen and oxygen atoms in total. The molecule has 0 aliphatic carbocycles. The number of nitrogens with zero attached hydrogens (tertiary/aromatic N) is 1. The molecule has 0 saturated carbocycles. The van der Waals surface area contributed by atoms with E-state index in [-0.39, 0.29) is 5.91 Å². The van der Waals surface area contributed by atoms with Crippen LogP contribution in [0.2, 0.25) is 0 Å². The average molecular weight is 694 g/mol. The van der Waals surface area contributed by atoms with E-state index < -0.39 is 36.6 Å². The highest BCUT2D eigenvalue weighted by Gasteiger charge is 2.38. The summed E-state index contributed by atoms with van der Waals surface area (Å²) in [6.45, 7) is 1.76. The molecule has 1 amide bonds. The lowest BCUT2D eigenvalue weighted by atomic mass is 9.91. The van der Waals surface area contributed by atoms with Gasteiger partial charge in [-0.1, -0.05) is 31.2 Å². The van der Waals surface area contributed by atoms with Crippen molar-refractivity contribution in [2.24, 2.45) is 0 Å². The number of ether oxygens (including phenoxy) is 7. The van der Waals surface area contributed by atoms with Crippen molar-refractivity contribution in [3.8, 4) is 34.5 Å². The summed E-state index contributed by atoms with van der Waals surface area (Å²) in [5.74, 6) is 0.294. The highest BCUT2D eigenvalue weighted by Crippen LogP contribution is 2.42. The number of hydrogen-bond acceptors (Lipinski definition) is 10. The molecule has 3 aromatic carbocycles. The van der Waals surface area contributed by atoms with E-state index in [1.54, 1.807) is 55.5 Å². The van der Waals surface area contributed by atoms with E-state index in [2.05, 4.69) is 0 Å². The van der Waals surface area contributed by atoms with Gasteiger partial charge >= 0.3 is 11.9 Å². The lowest BCUT2D eigenvalue weighted by molar-refractivity contribution is -0.162. The zero-order chi connectivity index (χ0) is 36.2. The number of aliphatic carboxylic acids is 1. The Hall–Kier alpha value is -5.13. The van der Waals surface area contributed by atoms with Gasteiger partial charge in [0, 0.05) is 12.1 Å². The Kier molecular flexibility index (Phi) is 13.6. The molecule has 0 bridgehead atoms. The normalized spacial score (nSPS) is 15.3. The number of para-hydroxylation sites is 1. The Morgan fingerprint density at radius 2 is 1.50 bits per heavy atom. The van der Waals surface area contributed by atoms with Gasteiger partial charge in [-0.25, -0.2) is 9.59 Å². The molecule has 3 aromatic rings. The van der Waals surface area contributed by atoms with E-state index in [0.29, 0.717) is 77.9 Å². The second-order valence-corrected chi connectivity index (χ2v) is 11.8. The fourth-order valence-corrected chi connectivity index (χ4v) is 6.34. The van der Waals surface area contributed by atoms with E-state index >= 15 is 0 Å². The third-order valence-corrected chi connectivity index (χ3v) is 8.87. The Balaban J connectivity index is 1.64. The predicted molar refractivity (Wildman–Crippen MR) is 185 cm³/mol. The van der Waals surface area contributed by atoms with E-state index in [4.69, 9.17) is 33.2 Å². The van der Waals surface area contributed by atoms with Crippen molar-refractivity contribution in [3.63, 3.8) is 0 Å². The van der Waals surface area contributed by atoms with Crippen molar-refractivity contribution >= 4 is 17.8 Å². The van der Waals surface area contributed by atoms with Crippen molar-refractivity contribution in [1.82, 2.24) is 4.90 Å². The van der Waals surface area contributed by atoms with Crippen LogP contribution in [0.3, 0.4) is 0 Å². The molecular weight excluding hydrogens is 646 g/mol. The van der Waals surface area contributed by atoms with Gasteiger partial charge in [-0.3, -0.25) is 4.79 Å². The number of carbonyl (C=O) groups is 3. The molecule has 0 radical (unpaired) electrons. The number of likely N-dealkylation sites (tertiary alicyclic amines) is 1. The minimum atomic E-state index is -1.13. The van der Waals surface area contributed by atoms with E-state index in [1.165, 1.54) is 21.3 Å². The van der Waals surface area contributed by atoms with Crippen LogP contribution in [0, 0.1) is 0 Å². The summed E-state index contributed by atoms with van der Waals surface area (Å²) in [5.41, 5.74) is 2.13. The molecule has 1 saturated heterocycles. The summed E-state index contributed by atoms with van der Waals surface area (Å²) in [6, 6.07) is 15.2. The maximum atomic E-state index is 14.3. The van der Waals surface area contributed by atoms with Crippen molar-refractivity contribution in [1.29, 1.82) is 0 Å². The fourth-order valence-electron chi connectivity index (χ4n) is 6.34. The molecule has 0 spiro atoms. The highest BCUT2D eigenvalue weighted by atomic mass is 16.6. The number of hydrogen-bond donors (Lipinski definition) is 1. The lowest BCUT2D eigenvalue weighted by Crippen LogP contribution is -2.50. The molecule has 1 fully saturated rings. The maximum Gasteiger partial charge on any atom is 0.341 e. The summed E-state index contributed by atoms with van der Waals surface area (Å²) < 4.78 is 39.3. The summed E-state index contributed by atoms with van der Waals surface area (Å²) in [7, 11) is 7.68. The number of carboxylic acid groups (broad SMARTS) is 1. The number of amides is 1. The van der Waals surface area contributed by atoms with Gasteiger partial charge in [-0.05, 0) is 80.0 Å². The van der Waals surface area contributed by atoms with Crippen molar-refractivity contribution < 1.29 is 52.6 Å². The molecule has 2 unspecified atom stereocenters. The first kappa shape index (κ1) is 37.7. The van der Waals surface area contributed by atoms with Crippen molar-refractivity contribution in [3.05, 3.63) is 71.3 Å². The first-order chi connectivity index (χ1) is 24.2. The monoisotopic (exact) mass is 693 g/mol. The number of carboxylic acids is 1. The van der Waals surface area contributed by atoms with Gasteiger partial charge < -0.3 is 43.2 Å². The minimum Gasteiger partial charge on any atom is -0.493 e. The molecule has 12 heteroatoms. The maximum absolute atomic E-state index is 14.3. The zero-order valence-corrected chi connectivity index (χ0v) is 29.6. The average Bonchev–Trinajstić information content (AvgIpc) is 3.15. The smallest absolute Gasteiger partial charge is 0.341 e. The Morgan fingerprint density at radius 1 is 0.820 bits per heavy atom. The number of benzene rings is 3. The highest BCUT2D eigenvalue weighted by molar-refractivity contribution is 5.89. The van der Waals surface area contributed by atoms with Crippen molar-refractivity contribution in [2.75, 3.05) is 48.7 Å². The Labute approximate surface area is 293 Å². The minimum absolute atomic E-state index is 0.199. The summed E-state index contributed by atoms with van der Waals surface area (Å²) >= 11 is 0. The number of aryl methyl sites for hydroxylation is 1. The van der Waals surface area contributed by atoms with Gasteiger partial charge in [0.2, 0.25) is 11.7 Å². The molecule has 50 heavy (non-hydrogen) atoms. The number of esters is 1. The third-order valence-electron chi connectivity index (χ3n) is 8.87. The summed E-state index contributed by atoms with van der Waals surface area (Å²) in [4.78, 5) is 41.4. The van der Waals surface area contributed by atoms with Crippen LogP contribution in [-0.4, -0.2) is 82.6 Å². The van der Waals surface area contributed by atoms with E-state index in [9.17, 15) is 19.5 Å². The number of piperidine rings is 1. The molecule has 1 aliphatic rings. The number of methoxy groups -OCH3 is 5. The standard InChI is InChI=1S/C38H47NO11/c1-7-26(25-21-33(46-4)36(48-6)34(22-25)47-5)37(42)39-19-11-10-13-28(39)38(43)50-30(27-12-8-9-14-29(27)49-23-35(40)41)17-15-24-16-18-31(44-2)32(20-24)45-3/h8-9,12,14,16,18,20-22,26,28,30H,7,10-11,13,15,17,19,23H2,1-6H3,(H,40,41)/t26?,28-,30?/m0/s1. The number of carbonyl (C=O) groups excluding carboxylic acids is 2. The van der Waals surface area contributed by atoms with Crippen LogP contribution in [0.1, 0.15) is 67.7 Å². The van der Waals surface area contributed by atoms with Gasteiger partial charge in [0.05, 0.1) is 41.5 Å². The molecule has 1 heterocycles. The Morgan fingerprint density at radius 3 is 2.12 bits per heavy atom. The van der Waals surface area contributed by atoms with Crippen LogP contribution in [0.5, 0.6) is 34.5 Å². The van der Waals surface area contributed by atoms with Crippen LogP contribution in [0.25, 0.3) is 0 Å². The fraction of sp³-hybridized carbons (Fsp3) is 0.447. The second kappa shape index (κ2) is 18.0.